The summed E-state index contributed by atoms with van der Waals surface area (Å²) in [5.74, 6) is 0.980. The summed E-state index contributed by atoms with van der Waals surface area (Å²) >= 11 is 1.40. The first-order valence-corrected chi connectivity index (χ1v) is 13.1. The van der Waals surface area contributed by atoms with Gasteiger partial charge in [0.05, 0.1) is 36.7 Å². The van der Waals surface area contributed by atoms with Crippen LogP contribution in [-0.2, 0) is 5.41 Å². The van der Waals surface area contributed by atoms with Crippen molar-refractivity contribution >= 4 is 33.3 Å². The van der Waals surface area contributed by atoms with E-state index in [0.717, 1.165) is 27.7 Å². The molecule has 0 bridgehead atoms. The molecule has 2 aromatic heterocycles. The van der Waals surface area contributed by atoms with Crippen LogP contribution in [0.25, 0.3) is 33.4 Å². The number of ether oxygens (including phenoxy) is 2. The fourth-order valence-electron chi connectivity index (χ4n) is 4.28. The third kappa shape index (κ3) is 5.10. The molecule has 0 fully saturated rings. The van der Waals surface area contributed by atoms with Gasteiger partial charge in [-0.2, -0.15) is 0 Å². The van der Waals surface area contributed by atoms with Crippen LogP contribution >= 0.6 is 11.3 Å². The quantitative estimate of drug-likeness (QED) is 0.248. The Morgan fingerprint density at radius 2 is 1.53 bits per heavy atom. The molecular weight excluding hydrogens is 494 g/mol. The molecule has 2 heterocycles. The number of hydrogen-bond donors (Lipinski definition) is 1. The number of pyridine rings is 1. The highest BCUT2D eigenvalue weighted by atomic mass is 32.1. The molecule has 1 amide bonds. The van der Waals surface area contributed by atoms with E-state index in [4.69, 9.17) is 14.5 Å². The second-order valence-corrected chi connectivity index (χ2v) is 10.8. The summed E-state index contributed by atoms with van der Waals surface area (Å²) in [7, 11) is 3.19. The Balaban J connectivity index is 1.46. The number of hydrogen-bond acceptors (Lipinski definition) is 6. The van der Waals surface area contributed by atoms with Crippen LogP contribution in [0.3, 0.4) is 0 Å². The van der Waals surface area contributed by atoms with Crippen molar-refractivity contribution in [1.29, 1.82) is 0 Å². The zero-order valence-corrected chi connectivity index (χ0v) is 22.8. The van der Waals surface area contributed by atoms with Crippen molar-refractivity contribution in [3.05, 3.63) is 89.3 Å². The zero-order valence-electron chi connectivity index (χ0n) is 22.0. The number of nitrogens with zero attached hydrogens (tertiary/aromatic N) is 2. The van der Waals surface area contributed by atoms with Gasteiger partial charge in [0.2, 0.25) is 0 Å². The molecule has 0 aliphatic rings. The van der Waals surface area contributed by atoms with Gasteiger partial charge >= 0.3 is 0 Å². The predicted octanol–water partition coefficient (Wildman–Crippen LogP) is 7.59. The van der Waals surface area contributed by atoms with E-state index in [2.05, 4.69) is 55.3 Å². The van der Waals surface area contributed by atoms with E-state index in [1.165, 1.54) is 16.9 Å². The van der Waals surface area contributed by atoms with E-state index in [1.807, 2.05) is 47.8 Å². The summed E-state index contributed by atoms with van der Waals surface area (Å²) in [6.45, 7) is 6.58. The fourth-order valence-corrected chi connectivity index (χ4v) is 4.99. The normalized spacial score (nSPS) is 11.4. The lowest BCUT2D eigenvalue weighted by molar-refractivity contribution is 0.102. The van der Waals surface area contributed by atoms with Gasteiger partial charge in [-0.15, -0.1) is 11.3 Å². The molecule has 7 heteroatoms. The Morgan fingerprint density at radius 3 is 2.24 bits per heavy atom. The SMILES string of the molecule is COc1ccc(-c2cc(C(=O)Nc3nc(-c4ccc(C(C)(C)C)cc4)cs3)c3ccccc3n2)cc1OC. The van der Waals surface area contributed by atoms with Gasteiger partial charge in [0.25, 0.3) is 5.91 Å². The Hall–Kier alpha value is -4.23. The highest BCUT2D eigenvalue weighted by molar-refractivity contribution is 7.14. The number of carbonyl (C=O) groups excluding carboxylic acids is 1. The number of anilines is 1. The van der Waals surface area contributed by atoms with Gasteiger partial charge in [-0.05, 0) is 41.3 Å². The van der Waals surface area contributed by atoms with Crippen LogP contribution in [0.4, 0.5) is 5.13 Å². The maximum absolute atomic E-state index is 13.5. The third-order valence-corrected chi connectivity index (χ3v) is 7.17. The second kappa shape index (κ2) is 10.3. The highest BCUT2D eigenvalue weighted by Gasteiger charge is 2.18. The minimum Gasteiger partial charge on any atom is -0.493 e. The Morgan fingerprint density at radius 1 is 0.816 bits per heavy atom. The molecule has 5 rings (SSSR count). The third-order valence-electron chi connectivity index (χ3n) is 6.41. The van der Waals surface area contributed by atoms with Crippen molar-refractivity contribution in [1.82, 2.24) is 9.97 Å². The van der Waals surface area contributed by atoms with E-state index in [-0.39, 0.29) is 11.3 Å². The average Bonchev–Trinajstić information content (AvgIpc) is 3.40. The molecule has 0 atom stereocenters. The van der Waals surface area contributed by atoms with Gasteiger partial charge in [-0.1, -0.05) is 63.2 Å². The van der Waals surface area contributed by atoms with Crippen LogP contribution in [0.5, 0.6) is 11.5 Å². The number of para-hydroxylation sites is 1. The van der Waals surface area contributed by atoms with Crippen molar-refractivity contribution in [3.63, 3.8) is 0 Å². The maximum Gasteiger partial charge on any atom is 0.258 e. The van der Waals surface area contributed by atoms with Gasteiger partial charge in [-0.3, -0.25) is 10.1 Å². The fraction of sp³-hybridized carbons (Fsp3) is 0.194. The molecule has 5 aromatic rings. The number of fused-ring (bicyclic) bond motifs is 1. The number of aromatic nitrogens is 2. The van der Waals surface area contributed by atoms with Crippen molar-refractivity contribution in [2.24, 2.45) is 0 Å². The summed E-state index contributed by atoms with van der Waals surface area (Å²) < 4.78 is 10.8. The van der Waals surface area contributed by atoms with Gasteiger partial charge in [0.1, 0.15) is 0 Å². The minimum atomic E-state index is -0.241. The van der Waals surface area contributed by atoms with Gasteiger partial charge in [-0.25, -0.2) is 9.97 Å². The summed E-state index contributed by atoms with van der Waals surface area (Å²) in [6, 6.07) is 23.4. The smallest absolute Gasteiger partial charge is 0.258 e. The lowest BCUT2D eigenvalue weighted by Crippen LogP contribution is -2.13. The minimum absolute atomic E-state index is 0.0862. The number of benzene rings is 3. The van der Waals surface area contributed by atoms with Crippen molar-refractivity contribution in [2.45, 2.75) is 26.2 Å². The molecule has 0 aliphatic heterocycles. The standard InChI is InChI=1S/C31H29N3O3S/c1-31(2,3)21-13-10-19(11-14-21)26-18-38-30(33-26)34-29(35)23-17-25(32-24-9-7-6-8-22(23)24)20-12-15-27(36-4)28(16-20)37-5/h6-18H,1-5H3,(H,33,34,35). The first kappa shape index (κ1) is 25.4. The number of carbonyl (C=O) groups is 1. The zero-order chi connectivity index (χ0) is 26.9. The lowest BCUT2D eigenvalue weighted by Gasteiger charge is -2.18. The monoisotopic (exact) mass is 523 g/mol. The van der Waals surface area contributed by atoms with Crippen LogP contribution in [0.2, 0.25) is 0 Å². The van der Waals surface area contributed by atoms with Gasteiger partial charge in [0.15, 0.2) is 16.6 Å². The molecular formula is C31H29N3O3S. The van der Waals surface area contributed by atoms with Gasteiger partial charge in [0, 0.05) is 21.9 Å². The highest BCUT2D eigenvalue weighted by Crippen LogP contribution is 2.34. The maximum atomic E-state index is 13.5. The molecule has 192 valence electrons. The van der Waals surface area contributed by atoms with Crippen LogP contribution < -0.4 is 14.8 Å². The van der Waals surface area contributed by atoms with E-state index in [9.17, 15) is 4.79 Å². The summed E-state index contributed by atoms with van der Waals surface area (Å²) in [5.41, 5.74) is 5.92. The Kier molecular flexibility index (Phi) is 6.87. The van der Waals surface area contributed by atoms with Crippen LogP contribution in [0.1, 0.15) is 36.7 Å². The molecule has 6 nitrogen and oxygen atoms in total. The van der Waals surface area contributed by atoms with Crippen molar-refractivity contribution in [2.75, 3.05) is 19.5 Å². The molecule has 38 heavy (non-hydrogen) atoms. The summed E-state index contributed by atoms with van der Waals surface area (Å²) in [5, 5.41) is 6.26. The Labute approximate surface area is 226 Å². The molecule has 0 aliphatic carbocycles. The number of amides is 1. The second-order valence-electron chi connectivity index (χ2n) is 9.96. The summed E-state index contributed by atoms with van der Waals surface area (Å²) in [6.07, 6.45) is 0. The molecule has 0 saturated carbocycles. The van der Waals surface area contributed by atoms with Gasteiger partial charge < -0.3 is 9.47 Å². The Bertz CT molecular complexity index is 1620. The van der Waals surface area contributed by atoms with Crippen LogP contribution in [-0.4, -0.2) is 30.1 Å². The largest absolute Gasteiger partial charge is 0.493 e. The molecule has 3 aromatic carbocycles. The molecule has 0 saturated heterocycles. The molecule has 0 unspecified atom stereocenters. The van der Waals surface area contributed by atoms with E-state index >= 15 is 0 Å². The number of nitrogens with one attached hydrogen (secondary N) is 1. The van der Waals surface area contributed by atoms with Crippen molar-refractivity contribution < 1.29 is 14.3 Å². The molecule has 0 spiro atoms. The molecule has 1 N–H and O–H groups in total. The summed E-state index contributed by atoms with van der Waals surface area (Å²) in [4.78, 5) is 23.0. The number of rotatable bonds is 6. The van der Waals surface area contributed by atoms with Crippen molar-refractivity contribution in [3.8, 4) is 34.0 Å². The number of thiazole rings is 1. The number of methoxy groups -OCH3 is 2. The first-order chi connectivity index (χ1) is 18.3. The topological polar surface area (TPSA) is 73.3 Å². The lowest BCUT2D eigenvalue weighted by atomic mass is 9.86. The van der Waals surface area contributed by atoms with Crippen LogP contribution in [0, 0.1) is 0 Å². The van der Waals surface area contributed by atoms with E-state index in [1.54, 1.807) is 20.3 Å². The first-order valence-electron chi connectivity index (χ1n) is 12.3. The van der Waals surface area contributed by atoms with Crippen LogP contribution in [0.15, 0.2) is 78.2 Å². The predicted molar refractivity (Wildman–Crippen MR) is 154 cm³/mol. The van der Waals surface area contributed by atoms with E-state index in [0.29, 0.717) is 27.9 Å². The molecule has 0 radical (unpaired) electrons. The van der Waals surface area contributed by atoms with E-state index < -0.39 is 0 Å². The average molecular weight is 524 g/mol.